The first-order valence-electron chi connectivity index (χ1n) is 10.4. The summed E-state index contributed by atoms with van der Waals surface area (Å²) in [5.41, 5.74) is 2.90. The molecule has 30 heavy (non-hydrogen) atoms. The first-order valence-corrected chi connectivity index (χ1v) is 10.4. The lowest BCUT2D eigenvalue weighted by molar-refractivity contribution is 0.535. The van der Waals surface area contributed by atoms with E-state index in [2.05, 4.69) is 116 Å². The lowest BCUT2D eigenvalue weighted by atomic mass is 9.91. The number of hydrogen-bond donors (Lipinski definition) is 0. The highest BCUT2D eigenvalue weighted by Crippen LogP contribution is 2.22. The Kier molecular flexibility index (Phi) is 30.8. The molecule has 0 fully saturated rings. The molecule has 0 amide bonds. The van der Waals surface area contributed by atoms with E-state index < -0.39 is 0 Å². The Labute approximate surface area is 193 Å². The quantitative estimate of drug-likeness (QED) is 0.452. The van der Waals surface area contributed by atoms with Crippen molar-refractivity contribution in [2.45, 2.75) is 110 Å². The van der Waals surface area contributed by atoms with Crippen LogP contribution in [-0.2, 0) is 0 Å². The van der Waals surface area contributed by atoms with E-state index in [4.69, 9.17) is 0 Å². The van der Waals surface area contributed by atoms with E-state index in [9.17, 15) is 0 Å². The van der Waals surface area contributed by atoms with Crippen molar-refractivity contribution in [3.8, 4) is 0 Å². The second-order valence-electron chi connectivity index (χ2n) is 7.97. The Morgan fingerprint density at radius 3 is 1.13 bits per heavy atom. The minimum atomic E-state index is 0. The molecule has 0 N–H and O–H groups in total. The van der Waals surface area contributed by atoms with Crippen LogP contribution in [0.2, 0.25) is 0 Å². The van der Waals surface area contributed by atoms with Crippen LogP contribution in [0.1, 0.15) is 121 Å². The maximum Gasteiger partial charge on any atom is -0.0167 e. The normalized spacial score (nSPS) is 10.9. The average Bonchev–Trinajstić information content (AvgIpc) is 2.69. The fraction of sp³-hybridized carbons (Fsp3) is 0.600. The molecule has 0 heteroatoms. The zero-order valence-electron chi connectivity index (χ0n) is 18.5. The largest absolute Gasteiger partial charge is 0.0776 e. The van der Waals surface area contributed by atoms with Crippen LogP contribution in [0, 0.1) is 11.8 Å². The van der Waals surface area contributed by atoms with Gasteiger partial charge in [-0.15, -0.1) is 0 Å². The molecule has 0 radical (unpaired) electrons. The molecule has 2 rings (SSSR count). The van der Waals surface area contributed by atoms with Crippen LogP contribution in [0.5, 0.6) is 0 Å². The highest BCUT2D eigenvalue weighted by atomic mass is 14.1. The van der Waals surface area contributed by atoms with E-state index in [1.165, 1.54) is 24.0 Å². The van der Waals surface area contributed by atoms with Gasteiger partial charge in [0.1, 0.15) is 0 Å². The molecular formula is C30H58. The first-order chi connectivity index (χ1) is 12.3. The van der Waals surface area contributed by atoms with Crippen molar-refractivity contribution in [2.24, 2.45) is 11.8 Å². The molecule has 0 aliphatic carbocycles. The first kappa shape index (κ1) is 39.0. The predicted molar refractivity (Wildman–Crippen MR) is 147 cm³/mol. The van der Waals surface area contributed by atoms with Crippen molar-refractivity contribution < 1.29 is 0 Å². The van der Waals surface area contributed by atoms with Crippen LogP contribution >= 0.6 is 0 Å². The van der Waals surface area contributed by atoms with E-state index in [1.54, 1.807) is 0 Å². The van der Waals surface area contributed by atoms with Gasteiger partial charge in [0, 0.05) is 0 Å². The fourth-order valence-corrected chi connectivity index (χ4v) is 2.16. The smallest absolute Gasteiger partial charge is 0.0167 e. The van der Waals surface area contributed by atoms with Crippen LogP contribution in [0.15, 0.2) is 60.7 Å². The molecule has 0 heterocycles. The minimum Gasteiger partial charge on any atom is -0.0776 e. The van der Waals surface area contributed by atoms with Gasteiger partial charge in [0.05, 0.1) is 0 Å². The maximum atomic E-state index is 2.28. The maximum absolute atomic E-state index is 2.28. The third-order valence-electron chi connectivity index (χ3n) is 5.12. The van der Waals surface area contributed by atoms with Gasteiger partial charge < -0.3 is 0 Å². The van der Waals surface area contributed by atoms with Crippen LogP contribution in [0.3, 0.4) is 0 Å². The average molecular weight is 419 g/mol. The standard InChI is InChI=1S/C11H16.C10H14.C5H12.4CH4/c1-9(2)10(3)11-7-5-4-6-8-11;1-3-9(2)10-7-5-4-6-8-10;1-4-5(2)3;;;;/h4-10H,1-3H3;4-9H,3H2,1-2H3;5H,4H2,1-3H3;4*1H4. The molecule has 2 aromatic rings. The molecule has 0 bridgehead atoms. The lowest BCUT2D eigenvalue weighted by Crippen LogP contribution is -2.00. The van der Waals surface area contributed by atoms with Crippen molar-refractivity contribution in [1.29, 1.82) is 0 Å². The molecule has 0 nitrogen and oxygen atoms in total. The Morgan fingerprint density at radius 2 is 0.867 bits per heavy atom. The van der Waals surface area contributed by atoms with E-state index in [0.29, 0.717) is 11.8 Å². The highest BCUT2D eigenvalue weighted by Gasteiger charge is 2.07. The van der Waals surface area contributed by atoms with Gasteiger partial charge in [-0.3, -0.25) is 0 Å². The van der Waals surface area contributed by atoms with Crippen molar-refractivity contribution in [2.75, 3.05) is 0 Å². The van der Waals surface area contributed by atoms with Gasteiger partial charge in [-0.1, -0.05) is 152 Å². The van der Waals surface area contributed by atoms with Crippen LogP contribution in [0.4, 0.5) is 0 Å². The van der Waals surface area contributed by atoms with Crippen LogP contribution in [0.25, 0.3) is 0 Å². The summed E-state index contributed by atoms with van der Waals surface area (Å²) in [5, 5.41) is 0. The summed E-state index contributed by atoms with van der Waals surface area (Å²) in [5.74, 6) is 3.00. The van der Waals surface area contributed by atoms with Gasteiger partial charge in [-0.25, -0.2) is 0 Å². The second-order valence-corrected chi connectivity index (χ2v) is 7.97. The monoisotopic (exact) mass is 418 g/mol. The zero-order valence-corrected chi connectivity index (χ0v) is 18.5. The molecule has 0 saturated heterocycles. The summed E-state index contributed by atoms with van der Waals surface area (Å²) in [6.07, 6.45) is 2.53. The van der Waals surface area contributed by atoms with Crippen molar-refractivity contribution in [3.63, 3.8) is 0 Å². The molecule has 2 atom stereocenters. The van der Waals surface area contributed by atoms with Gasteiger partial charge >= 0.3 is 0 Å². The van der Waals surface area contributed by atoms with E-state index in [-0.39, 0.29) is 29.7 Å². The minimum absolute atomic E-state index is 0. The SMILES string of the molecule is C.C.C.C.CC(C)C(C)c1ccccc1.CCC(C)C.CCC(C)c1ccccc1. The summed E-state index contributed by atoms with van der Waals surface area (Å²) >= 11 is 0. The molecule has 2 aromatic carbocycles. The molecule has 0 aliphatic rings. The Morgan fingerprint density at radius 1 is 0.533 bits per heavy atom. The van der Waals surface area contributed by atoms with Crippen molar-refractivity contribution in [3.05, 3.63) is 71.8 Å². The molecule has 0 aromatic heterocycles. The van der Waals surface area contributed by atoms with Crippen molar-refractivity contribution in [1.82, 2.24) is 0 Å². The van der Waals surface area contributed by atoms with Crippen molar-refractivity contribution >= 4 is 0 Å². The van der Waals surface area contributed by atoms with Gasteiger partial charge in [0.2, 0.25) is 0 Å². The molecule has 0 saturated carbocycles. The summed E-state index contributed by atoms with van der Waals surface area (Å²) in [6.45, 7) is 17.9. The van der Waals surface area contributed by atoms with Gasteiger partial charge in [-0.05, 0) is 41.2 Å². The number of hydrogen-bond acceptors (Lipinski definition) is 0. The third kappa shape index (κ3) is 18.5. The Hall–Kier alpha value is -1.56. The van der Waals surface area contributed by atoms with Gasteiger partial charge in [0.25, 0.3) is 0 Å². The topological polar surface area (TPSA) is 0 Å². The molecule has 178 valence electrons. The molecule has 2 unspecified atom stereocenters. The predicted octanol–water partition coefficient (Wildman–Crippen LogP) is 11.2. The van der Waals surface area contributed by atoms with Crippen LogP contribution in [-0.4, -0.2) is 0 Å². The van der Waals surface area contributed by atoms with Gasteiger partial charge in [-0.2, -0.15) is 0 Å². The molecule has 0 spiro atoms. The molecule has 0 aliphatic heterocycles. The summed E-state index contributed by atoms with van der Waals surface area (Å²) < 4.78 is 0. The number of rotatable bonds is 5. The van der Waals surface area contributed by atoms with E-state index in [1.807, 2.05) is 0 Å². The van der Waals surface area contributed by atoms with Crippen LogP contribution < -0.4 is 0 Å². The third-order valence-corrected chi connectivity index (χ3v) is 5.12. The second kappa shape index (κ2) is 23.7. The fourth-order valence-electron chi connectivity index (χ4n) is 2.16. The van der Waals surface area contributed by atoms with E-state index >= 15 is 0 Å². The number of benzene rings is 2. The Balaban J connectivity index is -0.000000103. The summed E-state index contributed by atoms with van der Waals surface area (Å²) in [4.78, 5) is 0. The lowest BCUT2D eigenvalue weighted by Gasteiger charge is -2.15. The van der Waals surface area contributed by atoms with E-state index in [0.717, 1.165) is 11.8 Å². The Bertz CT molecular complexity index is 524. The summed E-state index contributed by atoms with van der Waals surface area (Å²) in [6, 6.07) is 21.3. The highest BCUT2D eigenvalue weighted by molar-refractivity contribution is 5.19. The van der Waals surface area contributed by atoms with Gasteiger partial charge in [0.15, 0.2) is 0 Å². The zero-order chi connectivity index (χ0) is 19.9. The molecular weight excluding hydrogens is 360 g/mol. The summed E-state index contributed by atoms with van der Waals surface area (Å²) in [7, 11) is 0.